The van der Waals surface area contributed by atoms with Gasteiger partial charge in [-0.1, -0.05) is 12.8 Å². The maximum absolute atomic E-state index is 12.0. The average molecular weight is 266 g/mol. The molecule has 0 radical (unpaired) electrons. The molecule has 5 nitrogen and oxygen atoms in total. The van der Waals surface area contributed by atoms with Crippen molar-refractivity contribution in [1.82, 2.24) is 10.3 Å². The number of hydrogen-bond donors (Lipinski definition) is 2. The molecular weight excluding hydrogens is 244 g/mol. The Morgan fingerprint density at radius 3 is 2.63 bits per heavy atom. The zero-order valence-electron chi connectivity index (χ0n) is 11.6. The fourth-order valence-electron chi connectivity index (χ4n) is 2.84. The Morgan fingerprint density at radius 2 is 2.05 bits per heavy atom. The Hall–Kier alpha value is -1.36. The minimum absolute atomic E-state index is 0.208. The van der Waals surface area contributed by atoms with E-state index < -0.39 is 0 Å². The Kier molecular flexibility index (Phi) is 4.58. The number of hydrogen-bond acceptors (Lipinski definition) is 4. The lowest BCUT2D eigenvalue weighted by Crippen LogP contribution is -2.35. The van der Waals surface area contributed by atoms with Crippen molar-refractivity contribution in [2.75, 3.05) is 13.2 Å². The lowest BCUT2D eigenvalue weighted by atomic mass is 9.79. The summed E-state index contributed by atoms with van der Waals surface area (Å²) in [5.41, 5.74) is 0.623. The van der Waals surface area contributed by atoms with Crippen LogP contribution in [0.15, 0.2) is 4.42 Å². The zero-order chi connectivity index (χ0) is 13.8. The van der Waals surface area contributed by atoms with E-state index >= 15 is 0 Å². The van der Waals surface area contributed by atoms with Gasteiger partial charge < -0.3 is 14.8 Å². The molecule has 1 aliphatic carbocycles. The number of amides is 1. The van der Waals surface area contributed by atoms with Gasteiger partial charge in [0.05, 0.1) is 5.69 Å². The van der Waals surface area contributed by atoms with Crippen LogP contribution in [0, 0.1) is 25.7 Å². The number of aromatic nitrogens is 1. The fourth-order valence-corrected chi connectivity index (χ4v) is 2.84. The predicted molar refractivity (Wildman–Crippen MR) is 70.8 cm³/mol. The van der Waals surface area contributed by atoms with E-state index in [1.54, 1.807) is 13.8 Å². The summed E-state index contributed by atoms with van der Waals surface area (Å²) in [7, 11) is 0. The summed E-state index contributed by atoms with van der Waals surface area (Å²) in [6, 6.07) is 0. The van der Waals surface area contributed by atoms with Gasteiger partial charge in [0.2, 0.25) is 5.76 Å². The molecule has 106 valence electrons. The van der Waals surface area contributed by atoms with Crippen molar-refractivity contribution in [3.8, 4) is 0 Å². The van der Waals surface area contributed by atoms with E-state index in [1.165, 1.54) is 12.8 Å². The number of carbonyl (C=O) groups excluding carboxylic acids is 1. The number of rotatable bonds is 4. The first-order valence-corrected chi connectivity index (χ1v) is 6.95. The van der Waals surface area contributed by atoms with E-state index in [-0.39, 0.29) is 12.5 Å². The van der Waals surface area contributed by atoms with Gasteiger partial charge in [0.15, 0.2) is 5.89 Å². The molecule has 1 aromatic rings. The average Bonchev–Trinajstić information content (AvgIpc) is 2.75. The van der Waals surface area contributed by atoms with Gasteiger partial charge in [0, 0.05) is 20.1 Å². The van der Waals surface area contributed by atoms with Crippen LogP contribution in [-0.2, 0) is 0 Å². The number of nitrogens with one attached hydrogen (secondary N) is 1. The summed E-state index contributed by atoms with van der Waals surface area (Å²) >= 11 is 0. The number of nitrogens with zero attached hydrogens (tertiary/aromatic N) is 1. The third kappa shape index (κ3) is 3.35. The first-order valence-electron chi connectivity index (χ1n) is 6.95. The molecule has 1 fully saturated rings. The van der Waals surface area contributed by atoms with Crippen LogP contribution < -0.4 is 5.32 Å². The first-order chi connectivity index (χ1) is 9.11. The molecule has 0 spiro atoms. The van der Waals surface area contributed by atoms with Gasteiger partial charge >= 0.3 is 0 Å². The summed E-state index contributed by atoms with van der Waals surface area (Å²) in [6.07, 6.45) is 4.48. The highest BCUT2D eigenvalue weighted by molar-refractivity contribution is 5.92. The van der Waals surface area contributed by atoms with Crippen LogP contribution in [-0.4, -0.2) is 29.1 Å². The van der Waals surface area contributed by atoms with Gasteiger partial charge in [0.1, 0.15) is 0 Å². The number of carbonyl (C=O) groups is 1. The van der Waals surface area contributed by atoms with E-state index in [1.807, 2.05) is 0 Å². The molecule has 0 saturated heterocycles. The monoisotopic (exact) mass is 266 g/mol. The quantitative estimate of drug-likeness (QED) is 0.871. The van der Waals surface area contributed by atoms with Crippen molar-refractivity contribution in [1.29, 1.82) is 0 Å². The number of aryl methyl sites for hydroxylation is 2. The Bertz CT molecular complexity index is 442. The first kappa shape index (κ1) is 14.1. The number of aliphatic hydroxyl groups is 1. The van der Waals surface area contributed by atoms with Gasteiger partial charge in [-0.2, -0.15) is 0 Å². The van der Waals surface area contributed by atoms with E-state index in [0.29, 0.717) is 35.7 Å². The SMILES string of the molecule is Cc1nc(C)c(C(=O)NCC2CCCCC2CO)o1. The maximum atomic E-state index is 12.0. The molecule has 1 saturated carbocycles. The molecule has 0 aromatic carbocycles. The normalized spacial score (nSPS) is 23.3. The zero-order valence-corrected chi connectivity index (χ0v) is 11.6. The number of aliphatic hydroxyl groups excluding tert-OH is 1. The predicted octanol–water partition coefficient (Wildman–Crippen LogP) is 1.82. The Morgan fingerprint density at radius 1 is 1.37 bits per heavy atom. The summed E-state index contributed by atoms with van der Waals surface area (Å²) in [4.78, 5) is 16.1. The van der Waals surface area contributed by atoms with Crippen LogP contribution in [0.3, 0.4) is 0 Å². The van der Waals surface area contributed by atoms with Crippen molar-refractivity contribution >= 4 is 5.91 Å². The standard InChI is InChI=1S/C14H22N2O3/c1-9-13(19-10(2)16-9)14(18)15-7-11-5-3-4-6-12(11)8-17/h11-12,17H,3-8H2,1-2H3,(H,15,18). The highest BCUT2D eigenvalue weighted by Crippen LogP contribution is 2.29. The van der Waals surface area contributed by atoms with Crippen molar-refractivity contribution in [3.63, 3.8) is 0 Å². The molecule has 2 unspecified atom stereocenters. The van der Waals surface area contributed by atoms with Crippen molar-refractivity contribution in [2.24, 2.45) is 11.8 Å². The molecular formula is C14H22N2O3. The summed E-state index contributed by atoms with van der Waals surface area (Å²) in [5.74, 6) is 1.28. The summed E-state index contributed by atoms with van der Waals surface area (Å²) < 4.78 is 5.30. The molecule has 2 atom stereocenters. The molecule has 1 aromatic heterocycles. The van der Waals surface area contributed by atoms with Crippen LogP contribution in [0.25, 0.3) is 0 Å². The number of oxazole rings is 1. The molecule has 1 heterocycles. The van der Waals surface area contributed by atoms with Crippen LogP contribution in [0.4, 0.5) is 0 Å². The molecule has 1 amide bonds. The molecule has 5 heteroatoms. The van der Waals surface area contributed by atoms with Gasteiger partial charge in [-0.05, 0) is 31.6 Å². The Balaban J connectivity index is 1.91. The lowest BCUT2D eigenvalue weighted by Gasteiger charge is -2.30. The molecule has 2 rings (SSSR count). The van der Waals surface area contributed by atoms with Crippen LogP contribution >= 0.6 is 0 Å². The van der Waals surface area contributed by atoms with E-state index in [2.05, 4.69) is 10.3 Å². The minimum Gasteiger partial charge on any atom is -0.436 e. The molecule has 0 aliphatic heterocycles. The van der Waals surface area contributed by atoms with Crippen LogP contribution in [0.5, 0.6) is 0 Å². The van der Waals surface area contributed by atoms with Crippen LogP contribution in [0.2, 0.25) is 0 Å². The van der Waals surface area contributed by atoms with Gasteiger partial charge in [-0.15, -0.1) is 0 Å². The third-order valence-corrected chi connectivity index (χ3v) is 3.94. The molecule has 0 bridgehead atoms. The van der Waals surface area contributed by atoms with Gasteiger partial charge in [-0.3, -0.25) is 4.79 Å². The van der Waals surface area contributed by atoms with Crippen molar-refractivity contribution in [3.05, 3.63) is 17.3 Å². The van der Waals surface area contributed by atoms with Gasteiger partial charge in [-0.25, -0.2) is 4.98 Å². The third-order valence-electron chi connectivity index (χ3n) is 3.94. The highest BCUT2D eigenvalue weighted by Gasteiger charge is 2.25. The van der Waals surface area contributed by atoms with Crippen molar-refractivity contribution in [2.45, 2.75) is 39.5 Å². The highest BCUT2D eigenvalue weighted by atomic mass is 16.4. The molecule has 1 aliphatic rings. The fraction of sp³-hybridized carbons (Fsp3) is 0.714. The second-order valence-corrected chi connectivity index (χ2v) is 5.34. The van der Waals surface area contributed by atoms with Gasteiger partial charge in [0.25, 0.3) is 5.91 Å². The van der Waals surface area contributed by atoms with E-state index in [9.17, 15) is 9.90 Å². The minimum atomic E-state index is -0.208. The van der Waals surface area contributed by atoms with E-state index in [4.69, 9.17) is 4.42 Å². The maximum Gasteiger partial charge on any atom is 0.289 e. The van der Waals surface area contributed by atoms with Crippen LogP contribution in [0.1, 0.15) is 47.8 Å². The summed E-state index contributed by atoms with van der Waals surface area (Å²) in [6.45, 7) is 4.31. The smallest absolute Gasteiger partial charge is 0.289 e. The Labute approximate surface area is 113 Å². The second kappa shape index (κ2) is 6.19. The molecule has 19 heavy (non-hydrogen) atoms. The second-order valence-electron chi connectivity index (χ2n) is 5.34. The van der Waals surface area contributed by atoms with Crippen molar-refractivity contribution < 1.29 is 14.3 Å². The topological polar surface area (TPSA) is 75.4 Å². The van der Waals surface area contributed by atoms with E-state index in [0.717, 1.165) is 12.8 Å². The lowest BCUT2D eigenvalue weighted by molar-refractivity contribution is 0.0881. The molecule has 2 N–H and O–H groups in total. The summed E-state index contributed by atoms with van der Waals surface area (Å²) in [5, 5.41) is 12.3. The largest absolute Gasteiger partial charge is 0.436 e.